The number of amides is 1. The Morgan fingerprint density at radius 3 is 1.53 bits per heavy atom. The van der Waals surface area contributed by atoms with Crippen molar-refractivity contribution >= 4 is 58.0 Å². The summed E-state index contributed by atoms with van der Waals surface area (Å²) in [5.74, 6) is -4.05. The van der Waals surface area contributed by atoms with Crippen molar-refractivity contribution in [3.8, 4) is 0 Å². The van der Waals surface area contributed by atoms with Crippen LogP contribution in [0.15, 0.2) is 140 Å². The summed E-state index contributed by atoms with van der Waals surface area (Å²) in [5.41, 5.74) is -1.99. The molecule has 1 N–H and O–H groups in total. The molecule has 0 saturated carbocycles. The van der Waals surface area contributed by atoms with E-state index in [-0.39, 0.29) is 22.5 Å². The zero-order chi connectivity index (χ0) is 42.4. The third-order valence-corrected chi connectivity index (χ3v) is 17.4. The summed E-state index contributed by atoms with van der Waals surface area (Å²) in [6.07, 6.45) is -1.75. The summed E-state index contributed by atoms with van der Waals surface area (Å²) in [4.78, 5) is 78.4. The number of carbonyl (C=O) groups is 4. The van der Waals surface area contributed by atoms with Gasteiger partial charge in [-0.2, -0.15) is 0 Å². The van der Waals surface area contributed by atoms with Gasteiger partial charge in [-0.05, 0) is 0 Å². The van der Waals surface area contributed by atoms with E-state index in [4.69, 9.17) is 14.2 Å². The molecule has 16 heteroatoms. The summed E-state index contributed by atoms with van der Waals surface area (Å²) >= 11 is 0. The molecule has 3 atom stereocenters. The summed E-state index contributed by atoms with van der Waals surface area (Å²) in [6.45, 7) is -3.58. The Morgan fingerprint density at radius 2 is 1.10 bits per heavy atom. The zero-order valence-electron chi connectivity index (χ0n) is 32.0. The van der Waals surface area contributed by atoms with E-state index in [0.717, 1.165) is 0 Å². The number of esters is 1. The molecule has 1 heterocycles. The zero-order valence-corrected chi connectivity index (χ0v) is 32.9. The predicted octanol–water partition coefficient (Wildman–Crippen LogP) is 6.28. The number of β-lactam (4-membered cyclic amide) rings is 1. The van der Waals surface area contributed by atoms with E-state index in [2.05, 4.69) is 0 Å². The van der Waals surface area contributed by atoms with Gasteiger partial charge < -0.3 is 0 Å². The molecule has 5 aromatic carbocycles. The second-order valence-electron chi connectivity index (χ2n) is 14.3. The summed E-state index contributed by atoms with van der Waals surface area (Å²) in [5, 5.41) is 35.6. The van der Waals surface area contributed by atoms with E-state index >= 15 is 4.79 Å². The van der Waals surface area contributed by atoms with Crippen molar-refractivity contribution in [3.05, 3.63) is 171 Å². The van der Waals surface area contributed by atoms with Crippen LogP contribution in [0, 0.1) is 31.6 Å². The number of rotatable bonds is 16. The Labute approximate surface area is 338 Å². The first-order valence-corrected chi connectivity index (χ1v) is 20.8. The predicted molar refractivity (Wildman–Crippen MR) is 218 cm³/mol. The van der Waals surface area contributed by atoms with Crippen LogP contribution < -0.4 is 15.9 Å². The Balaban J connectivity index is 1.49. The first kappa shape index (κ1) is 41.6. The molecule has 3 unspecified atom stereocenters. The molecule has 0 aromatic heterocycles. The van der Waals surface area contributed by atoms with Gasteiger partial charge in [-0.3, -0.25) is 0 Å². The molecule has 1 fully saturated rings. The van der Waals surface area contributed by atoms with Crippen molar-refractivity contribution in [2.45, 2.75) is 33.1 Å². The molecule has 59 heavy (non-hydrogen) atoms. The quantitative estimate of drug-likeness (QED) is 0.0384. The summed E-state index contributed by atoms with van der Waals surface area (Å²) in [6, 6.07) is 36.7. The van der Waals surface area contributed by atoms with E-state index in [0.29, 0.717) is 15.9 Å². The van der Waals surface area contributed by atoms with Gasteiger partial charge in [0.05, 0.1) is 0 Å². The number of hydrogen-bond acceptors (Lipinski definition) is 11. The van der Waals surface area contributed by atoms with E-state index in [1.165, 1.54) is 61.0 Å². The molecule has 1 aliphatic rings. The number of aliphatic carboxylic acids is 1. The molecule has 0 radical (unpaired) electrons. The van der Waals surface area contributed by atoms with E-state index < -0.39 is 84.0 Å². The van der Waals surface area contributed by atoms with Gasteiger partial charge in [-0.25, -0.2) is 0 Å². The number of nitro benzene ring substituents is 2. The van der Waals surface area contributed by atoms with Crippen molar-refractivity contribution in [1.82, 2.24) is 4.67 Å². The molecule has 1 aliphatic heterocycles. The number of carboxylic acids is 1. The van der Waals surface area contributed by atoms with Crippen LogP contribution >= 0.6 is 6.75 Å². The molecule has 5 aromatic rings. The van der Waals surface area contributed by atoms with Gasteiger partial charge in [0.2, 0.25) is 0 Å². The minimum absolute atomic E-state index is 0.101. The Bertz CT molecular complexity index is 2300. The summed E-state index contributed by atoms with van der Waals surface area (Å²) in [7, 11) is 0. The fraction of sp³-hybridized carbons (Fsp3) is 0.209. The number of nitro groups is 2. The van der Waals surface area contributed by atoms with Crippen LogP contribution in [0.5, 0.6) is 0 Å². The third kappa shape index (κ3) is 7.36. The number of hydrogen-bond donors (Lipinski definition) is 1. The van der Waals surface area contributed by atoms with Crippen molar-refractivity contribution in [1.29, 1.82) is 0 Å². The van der Waals surface area contributed by atoms with Crippen LogP contribution in [0.3, 0.4) is 0 Å². The van der Waals surface area contributed by atoms with Gasteiger partial charge in [0.1, 0.15) is 0 Å². The van der Waals surface area contributed by atoms with Gasteiger partial charge >= 0.3 is 339 Å². The Morgan fingerprint density at radius 1 is 0.695 bits per heavy atom. The molecule has 0 spiro atoms. The molecule has 15 nitrogen and oxygen atoms in total. The normalized spacial score (nSPS) is 17.3. The third-order valence-electron chi connectivity index (χ3n) is 10.9. The molecule has 0 bridgehead atoms. The van der Waals surface area contributed by atoms with E-state index in [1.807, 2.05) is 0 Å². The fourth-order valence-electron chi connectivity index (χ4n) is 8.12. The number of ether oxygens (including phenoxy) is 3. The van der Waals surface area contributed by atoms with Crippen molar-refractivity contribution < 1.29 is 48.3 Å². The van der Waals surface area contributed by atoms with E-state index in [9.17, 15) is 39.7 Å². The van der Waals surface area contributed by atoms with Crippen LogP contribution in [0.1, 0.15) is 25.0 Å². The summed E-state index contributed by atoms with van der Waals surface area (Å²) < 4.78 is 18.1. The molecule has 1 amide bonds. The number of carboxylic acid groups (broad SMARTS) is 1. The Kier molecular flexibility index (Phi) is 11.9. The maximum absolute atomic E-state index is 15.4. The standard InChI is InChI=1S/C43H40N3O12P/c1-30(40(48)49)39-43(2,29-58-42(51)57-27-32-17-13-15-25-37(32)46(54)55)41(50)44(39)59(33-18-6-3-7-19-33,34-20-8-4-9-21-34,35-22-10-5-11-23-35)28-38(47)56-26-31-16-12-14-24-36(31)45(52)53/h3-25,30,39H,26-29H2,1-2H3,(H,48,49). The molecular formula is C43H40N3O12P. The van der Waals surface area contributed by atoms with Gasteiger partial charge in [0.25, 0.3) is 0 Å². The first-order chi connectivity index (χ1) is 28.3. The van der Waals surface area contributed by atoms with Gasteiger partial charge in [-0.15, -0.1) is 0 Å². The minimum atomic E-state index is -4.86. The monoisotopic (exact) mass is 821 g/mol. The molecule has 304 valence electrons. The average Bonchev–Trinajstić information content (AvgIpc) is 3.26. The van der Waals surface area contributed by atoms with Crippen LogP contribution in [-0.4, -0.2) is 62.4 Å². The molecule has 6 rings (SSSR count). The topological polar surface area (TPSA) is 206 Å². The SMILES string of the molecule is CC(C(=O)O)C1N(P(CC(=O)OCc2ccccc2[N+](=O)[O-])(c2ccccc2)(c2ccccc2)c2ccccc2)C(=O)C1(C)COC(=O)OCc1ccccc1[N+](=O)[O-]. The molecular weight excluding hydrogens is 781 g/mol. The second kappa shape index (κ2) is 16.9. The van der Waals surface area contributed by atoms with Crippen molar-refractivity contribution in [2.24, 2.45) is 11.3 Å². The van der Waals surface area contributed by atoms with E-state index in [1.54, 1.807) is 97.1 Å². The molecule has 1 saturated heterocycles. The molecule has 0 aliphatic carbocycles. The number of benzene rings is 5. The van der Waals surface area contributed by atoms with Crippen LogP contribution in [0.2, 0.25) is 0 Å². The van der Waals surface area contributed by atoms with Gasteiger partial charge in [0.15, 0.2) is 0 Å². The van der Waals surface area contributed by atoms with Gasteiger partial charge in [-0.1, -0.05) is 0 Å². The van der Waals surface area contributed by atoms with Crippen LogP contribution in [0.4, 0.5) is 16.2 Å². The number of para-hydroxylation sites is 2. The Hall–Kier alpha value is -6.99. The second-order valence-corrected chi connectivity index (χ2v) is 19.1. The average molecular weight is 822 g/mol. The van der Waals surface area contributed by atoms with Gasteiger partial charge in [0, 0.05) is 0 Å². The van der Waals surface area contributed by atoms with Crippen molar-refractivity contribution in [3.63, 3.8) is 0 Å². The van der Waals surface area contributed by atoms with Crippen molar-refractivity contribution in [2.75, 3.05) is 12.8 Å². The first-order valence-electron chi connectivity index (χ1n) is 18.4. The maximum atomic E-state index is 15.4. The number of nitrogens with zero attached hydrogens (tertiary/aromatic N) is 3. The van der Waals surface area contributed by atoms with Crippen LogP contribution in [0.25, 0.3) is 0 Å². The van der Waals surface area contributed by atoms with Crippen LogP contribution in [-0.2, 0) is 41.8 Å². The fourth-order valence-corrected chi connectivity index (χ4v) is 15.1. The number of carbonyl (C=O) groups excluding carboxylic acids is 3.